The van der Waals surface area contributed by atoms with Crippen LogP contribution in [-0.2, 0) is 23.2 Å². The molecule has 2 N–H and O–H groups in total. The lowest BCUT2D eigenvalue weighted by molar-refractivity contribution is -0.123. The maximum Gasteiger partial charge on any atom is 0.408 e. The van der Waals surface area contributed by atoms with Crippen molar-refractivity contribution < 1.29 is 19.1 Å². The van der Waals surface area contributed by atoms with Crippen LogP contribution in [0.2, 0.25) is 0 Å². The number of methoxy groups -OCH3 is 1. The quantitative estimate of drug-likeness (QED) is 0.582. The topological polar surface area (TPSA) is 94.5 Å². The molecular formula is C23H26N4O4. The van der Waals surface area contributed by atoms with Crippen molar-refractivity contribution in [2.24, 2.45) is 7.05 Å². The molecule has 0 saturated heterocycles. The Balaban J connectivity index is 1.68. The molecule has 1 unspecified atom stereocenters. The van der Waals surface area contributed by atoms with Crippen molar-refractivity contribution in [2.75, 3.05) is 7.11 Å². The van der Waals surface area contributed by atoms with Crippen LogP contribution in [0.25, 0.3) is 0 Å². The Bertz CT molecular complexity index is 1020. The smallest absolute Gasteiger partial charge is 0.408 e. The lowest BCUT2D eigenvalue weighted by Crippen LogP contribution is -2.46. The van der Waals surface area contributed by atoms with Gasteiger partial charge in [0.05, 0.1) is 7.11 Å². The number of aromatic nitrogens is 2. The number of imidazole rings is 1. The van der Waals surface area contributed by atoms with Gasteiger partial charge in [0.2, 0.25) is 5.91 Å². The third-order valence-electron chi connectivity index (χ3n) is 4.79. The molecule has 3 rings (SSSR count). The molecule has 0 radical (unpaired) electrons. The minimum atomic E-state index is -0.819. The van der Waals surface area contributed by atoms with Gasteiger partial charge >= 0.3 is 6.09 Å². The lowest BCUT2D eigenvalue weighted by atomic mass is 10.0. The van der Waals surface area contributed by atoms with Crippen molar-refractivity contribution in [3.8, 4) is 5.75 Å². The molecule has 2 atom stereocenters. The van der Waals surface area contributed by atoms with Gasteiger partial charge in [0.25, 0.3) is 0 Å². The Morgan fingerprint density at radius 1 is 1.06 bits per heavy atom. The molecule has 2 amide bonds. The fraction of sp³-hybridized carbons (Fsp3) is 0.261. The van der Waals surface area contributed by atoms with Crippen LogP contribution in [0.15, 0.2) is 67.0 Å². The number of para-hydroxylation sites is 1. The molecular weight excluding hydrogens is 396 g/mol. The van der Waals surface area contributed by atoms with E-state index in [9.17, 15) is 9.59 Å². The van der Waals surface area contributed by atoms with E-state index in [-0.39, 0.29) is 12.5 Å². The highest BCUT2D eigenvalue weighted by atomic mass is 16.5. The molecule has 2 aromatic carbocycles. The molecule has 1 aromatic heterocycles. The highest BCUT2D eigenvalue weighted by molar-refractivity contribution is 5.85. The third-order valence-corrected chi connectivity index (χ3v) is 4.79. The van der Waals surface area contributed by atoms with Gasteiger partial charge in [0.15, 0.2) is 0 Å². The van der Waals surface area contributed by atoms with Crippen LogP contribution < -0.4 is 15.4 Å². The van der Waals surface area contributed by atoms with Gasteiger partial charge < -0.3 is 24.7 Å². The Morgan fingerprint density at radius 2 is 1.77 bits per heavy atom. The zero-order chi connectivity index (χ0) is 22.2. The van der Waals surface area contributed by atoms with E-state index < -0.39 is 18.2 Å². The van der Waals surface area contributed by atoms with Crippen molar-refractivity contribution >= 4 is 12.0 Å². The number of ether oxygens (including phenoxy) is 2. The summed E-state index contributed by atoms with van der Waals surface area (Å²) < 4.78 is 12.5. The molecule has 0 aliphatic rings. The molecule has 8 heteroatoms. The summed E-state index contributed by atoms with van der Waals surface area (Å²) in [6.45, 7) is 1.72. The first-order chi connectivity index (χ1) is 15.0. The predicted molar refractivity (Wildman–Crippen MR) is 115 cm³/mol. The molecule has 1 heterocycles. The average Bonchev–Trinajstić information content (AvgIpc) is 3.22. The molecule has 0 aliphatic carbocycles. The van der Waals surface area contributed by atoms with Gasteiger partial charge in [-0.3, -0.25) is 4.79 Å². The zero-order valence-electron chi connectivity index (χ0n) is 17.7. The van der Waals surface area contributed by atoms with Crippen molar-refractivity contribution in [1.82, 2.24) is 20.2 Å². The molecule has 31 heavy (non-hydrogen) atoms. The third kappa shape index (κ3) is 5.63. The highest BCUT2D eigenvalue weighted by Crippen LogP contribution is 2.29. The first kappa shape index (κ1) is 21.9. The number of nitrogens with zero attached hydrogens (tertiary/aromatic N) is 2. The molecule has 0 spiro atoms. The monoisotopic (exact) mass is 422 g/mol. The van der Waals surface area contributed by atoms with Crippen molar-refractivity contribution in [3.63, 3.8) is 0 Å². The van der Waals surface area contributed by atoms with E-state index in [0.717, 1.165) is 11.1 Å². The second-order valence-corrected chi connectivity index (χ2v) is 7.01. The Hall–Kier alpha value is -3.81. The fourth-order valence-electron chi connectivity index (χ4n) is 3.12. The number of alkyl carbamates (subject to hydrolysis) is 1. The number of benzene rings is 2. The van der Waals surface area contributed by atoms with Gasteiger partial charge in [-0.1, -0.05) is 48.5 Å². The van der Waals surface area contributed by atoms with E-state index in [1.54, 1.807) is 26.4 Å². The summed E-state index contributed by atoms with van der Waals surface area (Å²) in [5, 5.41) is 5.52. The number of amides is 2. The van der Waals surface area contributed by atoms with Crippen molar-refractivity contribution in [3.05, 3.63) is 83.9 Å². The molecule has 8 nitrogen and oxygen atoms in total. The van der Waals surface area contributed by atoms with Gasteiger partial charge in [-0.15, -0.1) is 0 Å². The number of hydrogen-bond acceptors (Lipinski definition) is 5. The predicted octanol–water partition coefficient (Wildman–Crippen LogP) is 2.95. The number of carbonyl (C=O) groups excluding carboxylic acids is 2. The van der Waals surface area contributed by atoms with Crippen LogP contribution in [0.3, 0.4) is 0 Å². The zero-order valence-corrected chi connectivity index (χ0v) is 17.7. The molecule has 0 saturated carbocycles. The van der Waals surface area contributed by atoms with Gasteiger partial charge in [-0.05, 0) is 18.6 Å². The summed E-state index contributed by atoms with van der Waals surface area (Å²) in [4.78, 5) is 29.4. The molecule has 0 bridgehead atoms. The van der Waals surface area contributed by atoms with Gasteiger partial charge in [-0.25, -0.2) is 9.78 Å². The molecule has 0 fully saturated rings. The van der Waals surface area contributed by atoms with E-state index in [2.05, 4.69) is 15.6 Å². The lowest BCUT2D eigenvalue weighted by Gasteiger charge is -2.23. The van der Waals surface area contributed by atoms with Gasteiger partial charge in [-0.2, -0.15) is 0 Å². The summed E-state index contributed by atoms with van der Waals surface area (Å²) in [5.41, 5.74) is 1.62. The molecule has 3 aromatic rings. The summed E-state index contributed by atoms with van der Waals surface area (Å²) in [7, 11) is 3.42. The van der Waals surface area contributed by atoms with Crippen LogP contribution >= 0.6 is 0 Å². The first-order valence-electron chi connectivity index (χ1n) is 9.87. The fourth-order valence-corrected chi connectivity index (χ4v) is 3.12. The van der Waals surface area contributed by atoms with Crippen LogP contribution in [0.4, 0.5) is 4.79 Å². The van der Waals surface area contributed by atoms with Crippen LogP contribution in [0, 0.1) is 0 Å². The highest BCUT2D eigenvalue weighted by Gasteiger charge is 2.26. The van der Waals surface area contributed by atoms with Crippen molar-refractivity contribution in [2.45, 2.75) is 25.6 Å². The second-order valence-electron chi connectivity index (χ2n) is 7.01. The number of hydrogen-bond donors (Lipinski definition) is 2. The van der Waals surface area contributed by atoms with Gasteiger partial charge in [0.1, 0.15) is 30.3 Å². The van der Waals surface area contributed by atoms with Crippen LogP contribution in [-0.4, -0.2) is 34.7 Å². The largest absolute Gasteiger partial charge is 0.496 e. The van der Waals surface area contributed by atoms with E-state index in [4.69, 9.17) is 9.47 Å². The Morgan fingerprint density at radius 3 is 2.45 bits per heavy atom. The van der Waals surface area contributed by atoms with Crippen molar-refractivity contribution in [1.29, 1.82) is 0 Å². The number of nitrogens with one attached hydrogen (secondary N) is 2. The maximum absolute atomic E-state index is 12.9. The van der Waals surface area contributed by atoms with E-state index in [1.807, 2.05) is 66.2 Å². The summed E-state index contributed by atoms with van der Waals surface area (Å²) in [5.74, 6) is 0.881. The minimum Gasteiger partial charge on any atom is -0.496 e. The van der Waals surface area contributed by atoms with E-state index >= 15 is 0 Å². The molecule has 162 valence electrons. The minimum absolute atomic E-state index is 0.123. The second kappa shape index (κ2) is 10.3. The Kier molecular flexibility index (Phi) is 7.26. The normalized spacial score (nSPS) is 12.5. The summed E-state index contributed by atoms with van der Waals surface area (Å²) in [6, 6.07) is 15.3. The number of aryl methyl sites for hydroxylation is 1. The number of rotatable bonds is 8. The van der Waals surface area contributed by atoms with E-state index in [0.29, 0.717) is 11.6 Å². The SMILES string of the molecule is COc1ccccc1C(NC(=O)[C@H](C)NC(=O)OCc1ccccc1)c1nccn1C. The van der Waals surface area contributed by atoms with Gasteiger partial charge in [0, 0.05) is 25.0 Å². The first-order valence-corrected chi connectivity index (χ1v) is 9.87. The summed E-state index contributed by atoms with van der Waals surface area (Å²) >= 11 is 0. The Labute approximate surface area is 181 Å². The summed E-state index contributed by atoms with van der Waals surface area (Å²) in [6.07, 6.45) is 2.79. The van der Waals surface area contributed by atoms with Crippen LogP contribution in [0.5, 0.6) is 5.75 Å². The average molecular weight is 422 g/mol. The van der Waals surface area contributed by atoms with E-state index in [1.165, 1.54) is 0 Å². The molecule has 0 aliphatic heterocycles. The number of carbonyl (C=O) groups is 2. The maximum atomic E-state index is 12.9. The standard InChI is InChI=1S/C23H26N4O4/c1-16(25-23(29)31-15-17-9-5-4-6-10-17)22(28)26-20(21-24-13-14-27(21)2)18-11-7-8-12-19(18)30-3/h4-14,16,20H,15H2,1-3H3,(H,25,29)(H,26,28)/t16-,20?/m0/s1. The van der Waals surface area contributed by atoms with Crippen LogP contribution in [0.1, 0.15) is 29.9 Å².